The van der Waals surface area contributed by atoms with E-state index in [1.807, 2.05) is 11.8 Å². The molecule has 96 valence electrons. The lowest BCUT2D eigenvalue weighted by Crippen LogP contribution is -2.24. The first-order chi connectivity index (χ1) is 8.33. The minimum absolute atomic E-state index is 0.228. The maximum atomic E-state index is 5.27. The van der Waals surface area contributed by atoms with Crippen LogP contribution in [0.3, 0.4) is 0 Å². The lowest BCUT2D eigenvalue weighted by molar-refractivity contribution is 0.375. The van der Waals surface area contributed by atoms with Gasteiger partial charge in [0.25, 0.3) is 0 Å². The molecule has 1 aromatic rings. The van der Waals surface area contributed by atoms with Crippen LogP contribution in [-0.2, 0) is 0 Å². The lowest BCUT2D eigenvalue weighted by atomic mass is 10.1. The second-order valence-electron chi connectivity index (χ2n) is 3.74. The second-order valence-corrected chi connectivity index (χ2v) is 4.72. The molecule has 4 nitrogen and oxygen atoms in total. The Kier molecular flexibility index (Phi) is 6.96. The van der Waals surface area contributed by atoms with E-state index < -0.39 is 0 Å². The molecule has 0 amide bonds. The smallest absolute Gasteiger partial charge is 0.236 e. The molecule has 0 spiro atoms. The van der Waals surface area contributed by atoms with E-state index in [0.717, 1.165) is 30.8 Å². The maximum absolute atomic E-state index is 5.27. The van der Waals surface area contributed by atoms with Crippen molar-refractivity contribution >= 4 is 11.8 Å². The van der Waals surface area contributed by atoms with E-state index in [1.165, 1.54) is 0 Å². The van der Waals surface area contributed by atoms with E-state index >= 15 is 0 Å². The summed E-state index contributed by atoms with van der Waals surface area (Å²) in [6.45, 7) is 3.14. The number of aromatic nitrogens is 2. The van der Waals surface area contributed by atoms with Crippen molar-refractivity contribution in [2.45, 2.75) is 25.8 Å². The van der Waals surface area contributed by atoms with E-state index in [0.29, 0.717) is 5.88 Å². The SMILES string of the molecule is CCCNC(CCSC)c1nccnc1OC. The Hall–Kier alpha value is -0.810. The quantitative estimate of drug-likeness (QED) is 0.772. The van der Waals surface area contributed by atoms with Crippen LogP contribution in [0.5, 0.6) is 5.88 Å². The number of thioether (sulfide) groups is 1. The topological polar surface area (TPSA) is 47.0 Å². The molecule has 1 N–H and O–H groups in total. The highest BCUT2D eigenvalue weighted by atomic mass is 32.2. The van der Waals surface area contributed by atoms with E-state index in [1.54, 1.807) is 19.5 Å². The fourth-order valence-electron chi connectivity index (χ4n) is 1.62. The van der Waals surface area contributed by atoms with Gasteiger partial charge in [-0.15, -0.1) is 0 Å². The standard InChI is InChI=1S/C12H21N3OS/c1-4-6-13-10(5-9-17-3)11-12(16-2)15-8-7-14-11/h7-8,10,13H,4-6,9H2,1-3H3. The molecule has 1 atom stereocenters. The Balaban J connectivity index is 2.78. The van der Waals surface area contributed by atoms with Crippen molar-refractivity contribution < 1.29 is 4.74 Å². The number of ether oxygens (including phenoxy) is 1. The zero-order valence-corrected chi connectivity index (χ0v) is 11.6. The first kappa shape index (κ1) is 14.3. The van der Waals surface area contributed by atoms with Gasteiger partial charge in [0.05, 0.1) is 13.2 Å². The van der Waals surface area contributed by atoms with Crippen molar-refractivity contribution in [1.29, 1.82) is 0 Å². The molecule has 1 rings (SSSR count). The molecule has 1 aromatic heterocycles. The number of hydrogen-bond acceptors (Lipinski definition) is 5. The van der Waals surface area contributed by atoms with Gasteiger partial charge in [-0.2, -0.15) is 11.8 Å². The molecule has 0 aliphatic rings. The Labute approximate surface area is 108 Å². The summed E-state index contributed by atoms with van der Waals surface area (Å²) in [4.78, 5) is 8.60. The molecule has 0 aromatic carbocycles. The van der Waals surface area contributed by atoms with Crippen LogP contribution >= 0.6 is 11.8 Å². The average molecular weight is 255 g/mol. The molecular formula is C12H21N3OS. The predicted octanol–water partition coefficient (Wildman–Crippen LogP) is 2.28. The summed E-state index contributed by atoms with van der Waals surface area (Å²) in [7, 11) is 1.64. The molecule has 17 heavy (non-hydrogen) atoms. The molecule has 0 saturated heterocycles. The fraction of sp³-hybridized carbons (Fsp3) is 0.667. The van der Waals surface area contributed by atoms with Gasteiger partial charge in [0.2, 0.25) is 5.88 Å². The summed E-state index contributed by atoms with van der Waals surface area (Å²) in [5.41, 5.74) is 0.914. The zero-order chi connectivity index (χ0) is 12.5. The molecule has 0 bridgehead atoms. The molecule has 1 unspecified atom stereocenters. The Morgan fingerprint density at radius 3 is 2.82 bits per heavy atom. The third-order valence-corrected chi connectivity index (χ3v) is 3.11. The molecule has 0 radical (unpaired) electrons. The minimum Gasteiger partial charge on any atom is -0.480 e. The highest BCUT2D eigenvalue weighted by Gasteiger charge is 2.17. The number of nitrogens with zero attached hydrogens (tertiary/aromatic N) is 2. The number of methoxy groups -OCH3 is 1. The largest absolute Gasteiger partial charge is 0.480 e. The van der Waals surface area contributed by atoms with Crippen molar-refractivity contribution in [3.63, 3.8) is 0 Å². The van der Waals surface area contributed by atoms with Gasteiger partial charge in [0.15, 0.2) is 0 Å². The van der Waals surface area contributed by atoms with Gasteiger partial charge in [-0.05, 0) is 31.4 Å². The molecule has 5 heteroatoms. The number of hydrogen-bond donors (Lipinski definition) is 1. The van der Waals surface area contributed by atoms with Crippen molar-refractivity contribution in [2.24, 2.45) is 0 Å². The van der Waals surface area contributed by atoms with Gasteiger partial charge >= 0.3 is 0 Å². The van der Waals surface area contributed by atoms with Crippen LogP contribution in [0.4, 0.5) is 0 Å². The van der Waals surface area contributed by atoms with Crippen LogP contribution in [0.1, 0.15) is 31.5 Å². The van der Waals surface area contributed by atoms with Gasteiger partial charge in [-0.25, -0.2) is 4.98 Å². The van der Waals surface area contributed by atoms with E-state index in [2.05, 4.69) is 28.5 Å². The average Bonchev–Trinajstić information content (AvgIpc) is 2.39. The number of nitrogens with one attached hydrogen (secondary N) is 1. The van der Waals surface area contributed by atoms with Gasteiger partial charge in [-0.3, -0.25) is 4.98 Å². The fourth-order valence-corrected chi connectivity index (χ4v) is 2.09. The summed E-state index contributed by atoms with van der Waals surface area (Å²) < 4.78 is 5.27. The molecule has 1 heterocycles. The normalized spacial score (nSPS) is 12.4. The molecular weight excluding hydrogens is 234 g/mol. The van der Waals surface area contributed by atoms with Crippen molar-refractivity contribution in [3.8, 4) is 5.88 Å². The van der Waals surface area contributed by atoms with Gasteiger partial charge in [-0.1, -0.05) is 6.92 Å². The van der Waals surface area contributed by atoms with Crippen LogP contribution < -0.4 is 10.1 Å². The van der Waals surface area contributed by atoms with Crippen molar-refractivity contribution in [2.75, 3.05) is 25.7 Å². The molecule has 0 aliphatic heterocycles. The lowest BCUT2D eigenvalue weighted by Gasteiger charge is -2.18. The number of rotatable bonds is 8. The minimum atomic E-state index is 0.228. The van der Waals surface area contributed by atoms with Gasteiger partial charge in [0, 0.05) is 12.4 Å². The highest BCUT2D eigenvalue weighted by Crippen LogP contribution is 2.23. The van der Waals surface area contributed by atoms with Gasteiger partial charge in [0.1, 0.15) is 5.69 Å². The summed E-state index contributed by atoms with van der Waals surface area (Å²) in [5, 5.41) is 3.50. The maximum Gasteiger partial charge on any atom is 0.236 e. The summed E-state index contributed by atoms with van der Waals surface area (Å²) in [5.74, 6) is 1.73. The van der Waals surface area contributed by atoms with E-state index in [9.17, 15) is 0 Å². The van der Waals surface area contributed by atoms with Crippen LogP contribution in [0.2, 0.25) is 0 Å². The third-order valence-electron chi connectivity index (χ3n) is 2.47. The second kappa shape index (κ2) is 8.31. The monoisotopic (exact) mass is 255 g/mol. The van der Waals surface area contributed by atoms with E-state index in [-0.39, 0.29) is 6.04 Å². The van der Waals surface area contributed by atoms with Crippen molar-refractivity contribution in [3.05, 3.63) is 18.1 Å². The molecule has 0 saturated carbocycles. The van der Waals surface area contributed by atoms with Gasteiger partial charge < -0.3 is 10.1 Å². The summed E-state index contributed by atoms with van der Waals surface area (Å²) in [6, 6.07) is 0.228. The third kappa shape index (κ3) is 4.52. The summed E-state index contributed by atoms with van der Waals surface area (Å²) in [6.07, 6.45) is 7.64. The first-order valence-electron chi connectivity index (χ1n) is 5.90. The summed E-state index contributed by atoms with van der Waals surface area (Å²) >= 11 is 1.84. The molecule has 0 aliphatic carbocycles. The first-order valence-corrected chi connectivity index (χ1v) is 7.30. The van der Waals surface area contributed by atoms with Crippen LogP contribution in [0.25, 0.3) is 0 Å². The Morgan fingerprint density at radius 2 is 2.18 bits per heavy atom. The van der Waals surface area contributed by atoms with Crippen LogP contribution in [0.15, 0.2) is 12.4 Å². The van der Waals surface area contributed by atoms with E-state index in [4.69, 9.17) is 4.74 Å². The Morgan fingerprint density at radius 1 is 1.41 bits per heavy atom. The Bertz CT molecular complexity index is 314. The highest BCUT2D eigenvalue weighted by molar-refractivity contribution is 7.98. The molecule has 0 fully saturated rings. The van der Waals surface area contributed by atoms with Crippen LogP contribution in [0, 0.1) is 0 Å². The zero-order valence-electron chi connectivity index (χ0n) is 10.8. The van der Waals surface area contributed by atoms with Crippen molar-refractivity contribution in [1.82, 2.24) is 15.3 Å². The van der Waals surface area contributed by atoms with Crippen LogP contribution in [-0.4, -0.2) is 35.6 Å². The predicted molar refractivity (Wildman–Crippen MR) is 72.6 cm³/mol.